The standard InChI is InChI=1S/C15H21BrFNO/c1-4-15(2,11-18-7-8-19-3)10-12-5-6-13(16)9-14(12)17/h4-6,9,18H,1,7-8,10-11H2,2-3H3. The zero-order chi connectivity index (χ0) is 14.3. The Labute approximate surface area is 123 Å². The smallest absolute Gasteiger partial charge is 0.127 e. The molecule has 0 fully saturated rings. The predicted molar refractivity (Wildman–Crippen MR) is 80.9 cm³/mol. The van der Waals surface area contributed by atoms with Crippen LogP contribution in [0, 0.1) is 11.2 Å². The van der Waals surface area contributed by atoms with Crippen LogP contribution in [0.1, 0.15) is 12.5 Å². The van der Waals surface area contributed by atoms with Crippen LogP contribution in [0.15, 0.2) is 35.3 Å². The summed E-state index contributed by atoms with van der Waals surface area (Å²) >= 11 is 3.27. The van der Waals surface area contributed by atoms with E-state index in [4.69, 9.17) is 4.74 Å². The molecule has 1 atom stereocenters. The van der Waals surface area contributed by atoms with Crippen molar-refractivity contribution in [2.75, 3.05) is 26.8 Å². The molecule has 0 aliphatic heterocycles. The van der Waals surface area contributed by atoms with E-state index in [0.717, 1.165) is 17.6 Å². The Morgan fingerprint density at radius 3 is 2.84 bits per heavy atom. The largest absolute Gasteiger partial charge is 0.383 e. The van der Waals surface area contributed by atoms with Crippen LogP contribution in [-0.2, 0) is 11.2 Å². The van der Waals surface area contributed by atoms with Crippen molar-refractivity contribution in [1.29, 1.82) is 0 Å². The molecule has 2 nitrogen and oxygen atoms in total. The van der Waals surface area contributed by atoms with E-state index in [1.165, 1.54) is 6.07 Å². The van der Waals surface area contributed by atoms with Gasteiger partial charge in [0.15, 0.2) is 0 Å². The first kappa shape index (κ1) is 16.3. The molecule has 0 heterocycles. The van der Waals surface area contributed by atoms with Gasteiger partial charge in [0.2, 0.25) is 0 Å². The monoisotopic (exact) mass is 329 g/mol. The molecule has 106 valence electrons. The number of nitrogens with one attached hydrogen (secondary N) is 1. The van der Waals surface area contributed by atoms with Crippen LogP contribution in [0.25, 0.3) is 0 Å². The normalized spacial score (nSPS) is 14.1. The fraction of sp³-hybridized carbons (Fsp3) is 0.467. The topological polar surface area (TPSA) is 21.3 Å². The highest BCUT2D eigenvalue weighted by molar-refractivity contribution is 9.10. The van der Waals surface area contributed by atoms with Gasteiger partial charge in [-0.1, -0.05) is 35.0 Å². The predicted octanol–water partition coefficient (Wildman–Crippen LogP) is 3.56. The lowest BCUT2D eigenvalue weighted by atomic mass is 9.83. The molecule has 1 rings (SSSR count). The highest BCUT2D eigenvalue weighted by atomic mass is 79.9. The van der Waals surface area contributed by atoms with E-state index >= 15 is 0 Å². The maximum absolute atomic E-state index is 13.9. The SMILES string of the molecule is C=CC(C)(CNCCOC)Cc1ccc(Br)cc1F. The van der Waals surface area contributed by atoms with E-state index in [-0.39, 0.29) is 11.2 Å². The molecule has 0 bridgehead atoms. The van der Waals surface area contributed by atoms with Gasteiger partial charge < -0.3 is 10.1 Å². The van der Waals surface area contributed by atoms with Gasteiger partial charge in [-0.25, -0.2) is 4.39 Å². The van der Waals surface area contributed by atoms with Gasteiger partial charge in [-0.3, -0.25) is 0 Å². The second-order valence-corrected chi connectivity index (χ2v) is 5.86. The van der Waals surface area contributed by atoms with Crippen LogP contribution < -0.4 is 5.32 Å². The van der Waals surface area contributed by atoms with Gasteiger partial charge in [0.25, 0.3) is 0 Å². The summed E-state index contributed by atoms with van der Waals surface area (Å²) in [6, 6.07) is 5.17. The summed E-state index contributed by atoms with van der Waals surface area (Å²) in [5, 5.41) is 3.30. The van der Waals surface area contributed by atoms with Crippen molar-refractivity contribution in [2.24, 2.45) is 5.41 Å². The van der Waals surface area contributed by atoms with E-state index in [1.54, 1.807) is 7.11 Å². The Hall–Kier alpha value is -0.710. The quantitative estimate of drug-likeness (QED) is 0.581. The minimum Gasteiger partial charge on any atom is -0.383 e. The molecule has 0 saturated heterocycles. The van der Waals surface area contributed by atoms with Crippen LogP contribution >= 0.6 is 15.9 Å². The number of benzene rings is 1. The number of halogens is 2. The minimum absolute atomic E-state index is 0.178. The molecule has 4 heteroatoms. The highest BCUT2D eigenvalue weighted by Gasteiger charge is 2.22. The zero-order valence-electron chi connectivity index (χ0n) is 11.5. The Balaban J connectivity index is 2.66. The van der Waals surface area contributed by atoms with Crippen molar-refractivity contribution in [1.82, 2.24) is 5.32 Å². The van der Waals surface area contributed by atoms with E-state index in [0.29, 0.717) is 18.6 Å². The van der Waals surface area contributed by atoms with Crippen molar-refractivity contribution < 1.29 is 9.13 Å². The maximum atomic E-state index is 13.9. The van der Waals surface area contributed by atoms with E-state index < -0.39 is 0 Å². The Bertz CT molecular complexity index is 425. The summed E-state index contributed by atoms with van der Waals surface area (Å²) in [7, 11) is 1.67. The van der Waals surface area contributed by atoms with E-state index in [1.807, 2.05) is 18.2 Å². The van der Waals surface area contributed by atoms with Crippen molar-refractivity contribution in [3.05, 3.63) is 46.7 Å². The number of methoxy groups -OCH3 is 1. The first-order valence-electron chi connectivity index (χ1n) is 6.28. The summed E-state index contributed by atoms with van der Waals surface area (Å²) < 4.78 is 19.6. The van der Waals surface area contributed by atoms with Crippen LogP contribution in [0.5, 0.6) is 0 Å². The lowest BCUT2D eigenvalue weighted by molar-refractivity contribution is 0.195. The van der Waals surface area contributed by atoms with Gasteiger partial charge in [-0.2, -0.15) is 0 Å². The number of ether oxygens (including phenoxy) is 1. The molecule has 1 aromatic rings. The Kier molecular flexibility index (Phi) is 6.69. The summed E-state index contributed by atoms with van der Waals surface area (Å²) in [5.74, 6) is -0.181. The molecule has 0 spiro atoms. The number of hydrogen-bond acceptors (Lipinski definition) is 2. The fourth-order valence-corrected chi connectivity index (χ4v) is 2.19. The third-order valence-corrected chi connectivity index (χ3v) is 3.61. The second kappa shape index (κ2) is 7.78. The van der Waals surface area contributed by atoms with Crippen molar-refractivity contribution in [3.8, 4) is 0 Å². The average molecular weight is 330 g/mol. The van der Waals surface area contributed by atoms with Gasteiger partial charge in [0, 0.05) is 30.1 Å². The van der Waals surface area contributed by atoms with Gasteiger partial charge >= 0.3 is 0 Å². The molecule has 1 N–H and O–H groups in total. The molecule has 0 aromatic heterocycles. The first-order chi connectivity index (χ1) is 9.00. The number of rotatable bonds is 8. The Morgan fingerprint density at radius 2 is 2.26 bits per heavy atom. The summed E-state index contributed by atoms with van der Waals surface area (Å²) in [6.07, 6.45) is 2.50. The van der Waals surface area contributed by atoms with Gasteiger partial charge in [-0.05, 0) is 24.1 Å². The lowest BCUT2D eigenvalue weighted by Gasteiger charge is -2.26. The molecule has 0 aliphatic rings. The summed E-state index contributed by atoms with van der Waals surface area (Å²) in [4.78, 5) is 0. The fourth-order valence-electron chi connectivity index (χ4n) is 1.86. The van der Waals surface area contributed by atoms with Crippen LogP contribution in [0.2, 0.25) is 0 Å². The number of hydrogen-bond donors (Lipinski definition) is 1. The molecular formula is C15H21BrFNO. The van der Waals surface area contributed by atoms with Crippen molar-refractivity contribution >= 4 is 15.9 Å². The molecular weight excluding hydrogens is 309 g/mol. The highest BCUT2D eigenvalue weighted by Crippen LogP contribution is 2.26. The molecule has 1 aromatic carbocycles. The van der Waals surface area contributed by atoms with Crippen molar-refractivity contribution in [2.45, 2.75) is 13.3 Å². The Morgan fingerprint density at radius 1 is 1.53 bits per heavy atom. The summed E-state index contributed by atoms with van der Waals surface area (Å²) in [5.41, 5.74) is 0.529. The molecule has 0 radical (unpaired) electrons. The van der Waals surface area contributed by atoms with Crippen LogP contribution in [-0.4, -0.2) is 26.8 Å². The molecule has 0 aliphatic carbocycles. The minimum atomic E-state index is -0.181. The van der Waals surface area contributed by atoms with Gasteiger partial charge in [0.1, 0.15) is 5.82 Å². The summed E-state index contributed by atoms with van der Waals surface area (Å²) in [6.45, 7) is 8.14. The first-order valence-corrected chi connectivity index (χ1v) is 7.07. The van der Waals surface area contributed by atoms with Gasteiger partial charge in [-0.15, -0.1) is 6.58 Å². The molecule has 19 heavy (non-hydrogen) atoms. The van der Waals surface area contributed by atoms with Crippen LogP contribution in [0.3, 0.4) is 0 Å². The second-order valence-electron chi connectivity index (χ2n) is 4.94. The van der Waals surface area contributed by atoms with E-state index in [9.17, 15) is 4.39 Å². The van der Waals surface area contributed by atoms with Crippen LogP contribution in [0.4, 0.5) is 4.39 Å². The molecule has 0 amide bonds. The van der Waals surface area contributed by atoms with Gasteiger partial charge in [0.05, 0.1) is 6.61 Å². The van der Waals surface area contributed by atoms with E-state index in [2.05, 4.69) is 34.7 Å². The molecule has 0 saturated carbocycles. The zero-order valence-corrected chi connectivity index (χ0v) is 13.1. The van der Waals surface area contributed by atoms with Crippen molar-refractivity contribution in [3.63, 3.8) is 0 Å². The maximum Gasteiger partial charge on any atom is 0.127 e. The molecule has 1 unspecified atom stereocenters. The lowest BCUT2D eigenvalue weighted by Crippen LogP contribution is -2.34. The third kappa shape index (κ3) is 5.43. The third-order valence-electron chi connectivity index (χ3n) is 3.11. The average Bonchev–Trinajstić information content (AvgIpc) is 2.38.